The van der Waals surface area contributed by atoms with Gasteiger partial charge in [0.1, 0.15) is 23.7 Å². The normalized spacial score (nSPS) is 10.6. The molecule has 0 aliphatic rings. The predicted octanol–water partition coefficient (Wildman–Crippen LogP) is 4.70. The highest BCUT2D eigenvalue weighted by Gasteiger charge is 2.09. The number of methoxy groups -OCH3 is 1. The van der Waals surface area contributed by atoms with Crippen molar-refractivity contribution in [2.24, 2.45) is 0 Å². The third-order valence-corrected chi connectivity index (χ3v) is 4.55. The second kappa shape index (κ2) is 8.57. The molecule has 3 aromatic carbocycles. The van der Waals surface area contributed by atoms with Gasteiger partial charge in [-0.15, -0.1) is 0 Å². The van der Waals surface area contributed by atoms with Gasteiger partial charge in [-0.1, -0.05) is 12.1 Å². The van der Waals surface area contributed by atoms with Crippen molar-refractivity contribution in [3.8, 4) is 5.75 Å². The van der Waals surface area contributed by atoms with Crippen LogP contribution in [-0.4, -0.2) is 23.0 Å². The van der Waals surface area contributed by atoms with Crippen LogP contribution in [0.3, 0.4) is 0 Å². The van der Waals surface area contributed by atoms with Gasteiger partial charge in [-0.25, -0.2) is 14.4 Å². The maximum atomic E-state index is 13.1. The van der Waals surface area contributed by atoms with Crippen LogP contribution in [0.5, 0.6) is 5.75 Å². The average Bonchev–Trinajstić information content (AvgIpc) is 2.76. The molecule has 0 saturated carbocycles. The van der Waals surface area contributed by atoms with E-state index in [0.29, 0.717) is 17.2 Å². The quantitative estimate of drug-likeness (QED) is 0.489. The summed E-state index contributed by atoms with van der Waals surface area (Å²) >= 11 is 0. The number of nitrogens with one attached hydrogen (secondary N) is 2. The minimum atomic E-state index is -0.310. The summed E-state index contributed by atoms with van der Waals surface area (Å²) in [5, 5.41) is 6.81. The van der Waals surface area contributed by atoms with Crippen molar-refractivity contribution in [3.63, 3.8) is 0 Å². The van der Waals surface area contributed by atoms with Gasteiger partial charge >= 0.3 is 0 Å². The number of hydrogen-bond acceptors (Lipinski definition) is 5. The third kappa shape index (κ3) is 4.52. The number of ether oxygens (including phenoxy) is 1. The number of fused-ring (bicyclic) bond motifs is 1. The van der Waals surface area contributed by atoms with E-state index in [1.165, 1.54) is 18.5 Å². The Kier molecular flexibility index (Phi) is 5.52. The van der Waals surface area contributed by atoms with Crippen molar-refractivity contribution in [3.05, 3.63) is 84.4 Å². The first-order chi connectivity index (χ1) is 14.6. The smallest absolute Gasteiger partial charge is 0.228 e. The SMILES string of the molecule is COc1ccc(CC(=O)Nc2ccc3ncnc(Nc4ccc(F)cc4)c3c2)cc1. The molecule has 0 bridgehead atoms. The van der Waals surface area contributed by atoms with E-state index < -0.39 is 0 Å². The van der Waals surface area contributed by atoms with E-state index in [-0.39, 0.29) is 18.1 Å². The molecule has 0 radical (unpaired) electrons. The van der Waals surface area contributed by atoms with Gasteiger partial charge in [-0.2, -0.15) is 0 Å². The second-order valence-corrected chi connectivity index (χ2v) is 6.66. The molecule has 0 saturated heterocycles. The maximum absolute atomic E-state index is 13.1. The molecule has 1 amide bonds. The summed E-state index contributed by atoms with van der Waals surface area (Å²) < 4.78 is 18.3. The first kappa shape index (κ1) is 19.3. The second-order valence-electron chi connectivity index (χ2n) is 6.66. The van der Waals surface area contributed by atoms with Crippen molar-refractivity contribution >= 4 is 34.0 Å². The molecule has 1 aromatic heterocycles. The van der Waals surface area contributed by atoms with E-state index in [1.54, 1.807) is 25.3 Å². The fourth-order valence-corrected chi connectivity index (χ4v) is 3.04. The maximum Gasteiger partial charge on any atom is 0.228 e. The molecule has 7 heteroatoms. The molecule has 0 aliphatic heterocycles. The van der Waals surface area contributed by atoms with Gasteiger partial charge in [0.05, 0.1) is 19.0 Å². The van der Waals surface area contributed by atoms with Crippen molar-refractivity contribution in [1.29, 1.82) is 0 Å². The van der Waals surface area contributed by atoms with Crippen LogP contribution in [-0.2, 0) is 11.2 Å². The highest BCUT2D eigenvalue weighted by Crippen LogP contribution is 2.26. The number of rotatable bonds is 6. The lowest BCUT2D eigenvalue weighted by atomic mass is 10.1. The number of carbonyl (C=O) groups is 1. The number of amides is 1. The topological polar surface area (TPSA) is 76.1 Å². The molecule has 30 heavy (non-hydrogen) atoms. The van der Waals surface area contributed by atoms with Gasteiger partial charge in [-0.05, 0) is 60.2 Å². The van der Waals surface area contributed by atoms with Crippen LogP contribution >= 0.6 is 0 Å². The number of benzene rings is 3. The standard InChI is InChI=1S/C23H19FN4O2/c1-30-19-9-2-15(3-10-19)12-22(29)27-18-8-11-21-20(13-18)23(26-14-25-21)28-17-6-4-16(24)5-7-17/h2-11,13-14H,12H2,1H3,(H,27,29)(H,25,26,28). The minimum absolute atomic E-state index is 0.135. The highest BCUT2D eigenvalue weighted by atomic mass is 19.1. The number of hydrogen-bond donors (Lipinski definition) is 2. The molecule has 2 N–H and O–H groups in total. The van der Waals surface area contributed by atoms with Crippen LogP contribution in [0.25, 0.3) is 10.9 Å². The Morgan fingerprint density at radius 2 is 1.70 bits per heavy atom. The van der Waals surface area contributed by atoms with Gasteiger partial charge < -0.3 is 15.4 Å². The van der Waals surface area contributed by atoms with Crippen LogP contribution in [0, 0.1) is 5.82 Å². The molecule has 4 rings (SSSR count). The Bertz CT molecular complexity index is 1180. The largest absolute Gasteiger partial charge is 0.497 e. The Balaban J connectivity index is 1.52. The molecule has 0 aliphatic carbocycles. The van der Waals surface area contributed by atoms with Crippen LogP contribution < -0.4 is 15.4 Å². The zero-order chi connectivity index (χ0) is 20.9. The Labute approximate surface area is 172 Å². The van der Waals surface area contributed by atoms with Crippen molar-refractivity contribution < 1.29 is 13.9 Å². The zero-order valence-corrected chi connectivity index (χ0v) is 16.2. The summed E-state index contributed by atoms with van der Waals surface area (Å²) in [6, 6.07) is 18.8. The summed E-state index contributed by atoms with van der Waals surface area (Å²) in [5.74, 6) is 0.868. The number of nitrogens with zero attached hydrogens (tertiary/aromatic N) is 2. The van der Waals surface area contributed by atoms with Gasteiger partial charge in [0.15, 0.2) is 0 Å². The molecule has 0 atom stereocenters. The number of halogens is 1. The third-order valence-electron chi connectivity index (χ3n) is 4.55. The van der Waals surface area contributed by atoms with E-state index in [9.17, 15) is 9.18 Å². The minimum Gasteiger partial charge on any atom is -0.497 e. The van der Waals surface area contributed by atoms with E-state index in [2.05, 4.69) is 20.6 Å². The highest BCUT2D eigenvalue weighted by molar-refractivity contribution is 5.97. The first-order valence-corrected chi connectivity index (χ1v) is 9.31. The lowest BCUT2D eigenvalue weighted by Crippen LogP contribution is -2.14. The number of anilines is 3. The fourth-order valence-electron chi connectivity index (χ4n) is 3.04. The summed E-state index contributed by atoms with van der Waals surface area (Å²) in [5.41, 5.74) is 2.95. The molecule has 6 nitrogen and oxygen atoms in total. The van der Waals surface area contributed by atoms with Crippen LogP contribution in [0.15, 0.2) is 73.1 Å². The molecular formula is C23H19FN4O2. The molecule has 0 spiro atoms. The first-order valence-electron chi connectivity index (χ1n) is 9.31. The molecular weight excluding hydrogens is 383 g/mol. The number of carbonyl (C=O) groups excluding carboxylic acids is 1. The van der Waals surface area contributed by atoms with Gasteiger partial charge in [0.2, 0.25) is 5.91 Å². The summed E-state index contributed by atoms with van der Waals surface area (Å²) in [6.45, 7) is 0. The summed E-state index contributed by atoms with van der Waals surface area (Å²) in [7, 11) is 1.60. The molecule has 1 heterocycles. The molecule has 0 unspecified atom stereocenters. The van der Waals surface area contributed by atoms with Crippen LogP contribution in [0.1, 0.15) is 5.56 Å². The van der Waals surface area contributed by atoms with E-state index >= 15 is 0 Å². The monoisotopic (exact) mass is 402 g/mol. The fraction of sp³-hybridized carbons (Fsp3) is 0.0870. The van der Waals surface area contributed by atoms with Crippen molar-refractivity contribution in [1.82, 2.24) is 9.97 Å². The van der Waals surface area contributed by atoms with Crippen LogP contribution in [0.4, 0.5) is 21.6 Å². The predicted molar refractivity (Wildman–Crippen MR) is 115 cm³/mol. The lowest BCUT2D eigenvalue weighted by Gasteiger charge is -2.11. The lowest BCUT2D eigenvalue weighted by molar-refractivity contribution is -0.115. The average molecular weight is 402 g/mol. The van der Waals surface area contributed by atoms with E-state index in [0.717, 1.165) is 22.2 Å². The summed E-state index contributed by atoms with van der Waals surface area (Å²) in [6.07, 6.45) is 1.70. The Morgan fingerprint density at radius 1 is 0.967 bits per heavy atom. The van der Waals surface area contributed by atoms with E-state index in [4.69, 9.17) is 4.74 Å². The van der Waals surface area contributed by atoms with Gasteiger partial charge in [-0.3, -0.25) is 4.79 Å². The van der Waals surface area contributed by atoms with Crippen molar-refractivity contribution in [2.45, 2.75) is 6.42 Å². The zero-order valence-electron chi connectivity index (χ0n) is 16.2. The Hall–Kier alpha value is -4.00. The van der Waals surface area contributed by atoms with Gasteiger partial charge in [0.25, 0.3) is 0 Å². The summed E-state index contributed by atoms with van der Waals surface area (Å²) in [4.78, 5) is 21.0. The molecule has 0 fully saturated rings. The van der Waals surface area contributed by atoms with Crippen LogP contribution in [0.2, 0.25) is 0 Å². The molecule has 4 aromatic rings. The van der Waals surface area contributed by atoms with Gasteiger partial charge in [0, 0.05) is 16.8 Å². The van der Waals surface area contributed by atoms with Crippen molar-refractivity contribution in [2.75, 3.05) is 17.7 Å². The molecule has 150 valence electrons. The number of aromatic nitrogens is 2. The Morgan fingerprint density at radius 3 is 2.43 bits per heavy atom. The van der Waals surface area contributed by atoms with E-state index in [1.807, 2.05) is 36.4 Å².